The minimum Gasteiger partial charge on any atom is -0.483 e. The summed E-state index contributed by atoms with van der Waals surface area (Å²) in [5.74, 6) is 7.75. The quantitative estimate of drug-likeness (QED) is 0.268. The van der Waals surface area contributed by atoms with Crippen molar-refractivity contribution in [1.82, 2.24) is 34.6 Å². The number of nitrogens with two attached hydrogens (primary N) is 1. The molecule has 3 atom stereocenters. The van der Waals surface area contributed by atoms with Crippen molar-refractivity contribution in [3.8, 4) is 17.7 Å². The van der Waals surface area contributed by atoms with Crippen molar-refractivity contribution in [2.45, 2.75) is 18.9 Å². The number of hydrogen-bond acceptors (Lipinski definition) is 9. The van der Waals surface area contributed by atoms with E-state index in [-0.39, 0.29) is 24.2 Å². The van der Waals surface area contributed by atoms with E-state index in [1.54, 1.807) is 48.4 Å². The van der Waals surface area contributed by atoms with E-state index >= 15 is 0 Å². The fraction of sp³-hybridized carbons (Fsp3) is 0.269. The summed E-state index contributed by atoms with van der Waals surface area (Å²) >= 11 is 0. The van der Waals surface area contributed by atoms with Crippen LogP contribution < -0.4 is 5.73 Å². The molecule has 0 bridgehead atoms. The number of nitrogen functional groups attached to an aromatic ring is 1. The number of carbonyl (C=O) groups excluding carboxylic acids is 1. The summed E-state index contributed by atoms with van der Waals surface area (Å²) in [7, 11) is 0. The van der Waals surface area contributed by atoms with Crippen molar-refractivity contribution >= 4 is 29.2 Å². The second-order valence-electron chi connectivity index (χ2n) is 9.23. The Hall–Kier alpha value is -4.89. The highest BCUT2D eigenvalue weighted by atomic mass is 16.3. The van der Waals surface area contributed by atoms with Crippen molar-refractivity contribution in [2.24, 2.45) is 11.8 Å². The Morgan fingerprint density at radius 2 is 1.87 bits per heavy atom. The van der Waals surface area contributed by atoms with Gasteiger partial charge in [-0.2, -0.15) is 10.1 Å². The van der Waals surface area contributed by atoms with E-state index in [2.05, 4.69) is 36.9 Å². The van der Waals surface area contributed by atoms with E-state index in [9.17, 15) is 9.90 Å². The molecule has 1 saturated heterocycles. The van der Waals surface area contributed by atoms with E-state index < -0.39 is 5.60 Å². The zero-order chi connectivity index (χ0) is 26.9. The van der Waals surface area contributed by atoms with Crippen LogP contribution in [-0.2, 0) is 10.4 Å². The molecule has 38 heavy (non-hydrogen) atoms. The third kappa shape index (κ3) is 4.87. The summed E-state index contributed by atoms with van der Waals surface area (Å²) in [6.45, 7) is 2.84. The van der Waals surface area contributed by atoms with Gasteiger partial charge in [-0.1, -0.05) is 11.8 Å². The lowest BCUT2D eigenvalue weighted by molar-refractivity contribution is -0.122. The van der Waals surface area contributed by atoms with Gasteiger partial charge in [-0.25, -0.2) is 19.6 Å². The van der Waals surface area contributed by atoms with Crippen molar-refractivity contribution < 1.29 is 19.8 Å². The molecule has 1 amide bonds. The van der Waals surface area contributed by atoms with E-state index in [0.717, 1.165) is 13.1 Å². The summed E-state index contributed by atoms with van der Waals surface area (Å²) in [6.07, 6.45) is 5.86. The van der Waals surface area contributed by atoms with Gasteiger partial charge in [-0.3, -0.25) is 9.59 Å². The molecule has 4 N–H and O–H groups in total. The number of benzene rings is 1. The largest absolute Gasteiger partial charge is 0.483 e. The molecule has 2 fully saturated rings. The zero-order valence-corrected chi connectivity index (χ0v) is 20.4. The number of hydrogen-bond donors (Lipinski definition) is 3. The van der Waals surface area contributed by atoms with Crippen molar-refractivity contribution in [3.05, 3.63) is 66.0 Å². The Labute approximate surface area is 217 Å². The lowest BCUT2D eigenvalue weighted by Gasteiger charge is -2.16. The SMILES string of the molecule is CC(O)(C#Cc1ccc2c(C(=O)N3CC4CC4C3)nn(-c3ccnc(N)n3)c2c1)c1ncccn1.O=CO. The molecule has 2 aliphatic rings. The number of likely N-dealkylation sites (tertiary alicyclic amines) is 1. The molecule has 12 heteroatoms. The number of amides is 1. The number of aliphatic hydroxyl groups is 1. The fourth-order valence-corrected chi connectivity index (χ4v) is 4.52. The number of carboxylic acid groups (broad SMARTS) is 1. The molecule has 192 valence electrons. The second-order valence-corrected chi connectivity index (χ2v) is 9.23. The summed E-state index contributed by atoms with van der Waals surface area (Å²) in [5.41, 5.74) is 5.91. The maximum atomic E-state index is 13.4. The minimum absolute atomic E-state index is 0.0917. The van der Waals surface area contributed by atoms with Crippen LogP contribution in [0.1, 0.15) is 35.2 Å². The van der Waals surface area contributed by atoms with Gasteiger partial charge in [0.05, 0.1) is 5.52 Å². The molecule has 0 radical (unpaired) electrons. The Morgan fingerprint density at radius 3 is 2.55 bits per heavy atom. The predicted molar refractivity (Wildman–Crippen MR) is 136 cm³/mol. The topological polar surface area (TPSA) is 173 Å². The lowest BCUT2D eigenvalue weighted by atomic mass is 10.1. The molecule has 1 saturated carbocycles. The smallest absolute Gasteiger partial charge is 0.290 e. The molecule has 0 spiro atoms. The van der Waals surface area contributed by atoms with Gasteiger partial charge in [0.2, 0.25) is 5.95 Å². The summed E-state index contributed by atoms with van der Waals surface area (Å²) < 4.78 is 1.58. The van der Waals surface area contributed by atoms with Gasteiger partial charge in [0.15, 0.2) is 22.9 Å². The van der Waals surface area contributed by atoms with Gasteiger partial charge < -0.3 is 20.8 Å². The average Bonchev–Trinajstić information content (AvgIpc) is 3.35. The highest BCUT2D eigenvalue weighted by Gasteiger charge is 2.47. The maximum absolute atomic E-state index is 13.4. The molecule has 6 rings (SSSR count). The maximum Gasteiger partial charge on any atom is 0.290 e. The van der Waals surface area contributed by atoms with Crippen LogP contribution in [0.15, 0.2) is 48.9 Å². The van der Waals surface area contributed by atoms with Gasteiger partial charge in [0.1, 0.15) is 0 Å². The molecule has 1 aromatic carbocycles. The van der Waals surface area contributed by atoms with Gasteiger partial charge >= 0.3 is 0 Å². The van der Waals surface area contributed by atoms with Crippen molar-refractivity contribution in [3.63, 3.8) is 0 Å². The number of aromatic nitrogens is 6. The first-order valence-corrected chi connectivity index (χ1v) is 11.8. The number of rotatable bonds is 3. The first kappa shape index (κ1) is 24.8. The molecule has 3 aromatic heterocycles. The average molecular weight is 513 g/mol. The number of anilines is 1. The first-order valence-electron chi connectivity index (χ1n) is 11.8. The minimum atomic E-state index is -1.53. The molecule has 12 nitrogen and oxygen atoms in total. The van der Waals surface area contributed by atoms with Crippen LogP contribution in [0, 0.1) is 23.7 Å². The van der Waals surface area contributed by atoms with E-state index in [0.29, 0.717) is 39.8 Å². The second kappa shape index (κ2) is 9.87. The third-order valence-electron chi connectivity index (χ3n) is 6.48. The van der Waals surface area contributed by atoms with Crippen LogP contribution in [0.5, 0.6) is 0 Å². The molecule has 1 aliphatic heterocycles. The highest BCUT2D eigenvalue weighted by Crippen LogP contribution is 2.45. The Bertz CT molecular complexity index is 1560. The van der Waals surface area contributed by atoms with Crippen LogP contribution in [0.25, 0.3) is 16.7 Å². The summed E-state index contributed by atoms with van der Waals surface area (Å²) in [5, 5.41) is 23.0. The molecular formula is C26H24N8O4. The normalized spacial score (nSPS) is 18.8. The third-order valence-corrected chi connectivity index (χ3v) is 6.48. The zero-order valence-electron chi connectivity index (χ0n) is 20.4. The molecular weight excluding hydrogens is 488 g/mol. The lowest BCUT2D eigenvalue weighted by Crippen LogP contribution is -2.30. The van der Waals surface area contributed by atoms with Gasteiger partial charge in [0, 0.05) is 48.7 Å². The number of carbonyl (C=O) groups is 2. The van der Waals surface area contributed by atoms with E-state index in [4.69, 9.17) is 15.6 Å². The van der Waals surface area contributed by atoms with Crippen LogP contribution in [0.3, 0.4) is 0 Å². The molecule has 4 heterocycles. The monoisotopic (exact) mass is 512 g/mol. The van der Waals surface area contributed by atoms with Crippen LogP contribution in [0.2, 0.25) is 0 Å². The van der Waals surface area contributed by atoms with Crippen molar-refractivity contribution in [2.75, 3.05) is 18.8 Å². The Balaban J connectivity index is 0.000000937. The number of nitrogens with zero attached hydrogens (tertiary/aromatic N) is 7. The molecule has 3 unspecified atom stereocenters. The van der Waals surface area contributed by atoms with Crippen molar-refractivity contribution in [1.29, 1.82) is 0 Å². The molecule has 4 aromatic rings. The fourth-order valence-electron chi connectivity index (χ4n) is 4.52. The number of fused-ring (bicyclic) bond motifs is 2. The van der Waals surface area contributed by atoms with Crippen LogP contribution in [0.4, 0.5) is 5.95 Å². The highest BCUT2D eigenvalue weighted by molar-refractivity contribution is 6.05. The standard InChI is InChI=1S/C25H22N8O2.CH2O2/c1-25(35,23-27-8-2-9-28-23)7-5-15-3-4-18-19(11-15)33(20-6-10-29-24(26)30-20)31-21(18)22(34)32-13-16-12-17(16)14-32;2-1-3/h2-4,6,8-11,16-17,35H,12-14H2,1H3,(H2,26,29,30);1H,(H,2,3). The Kier molecular flexibility index (Phi) is 6.44. The summed E-state index contributed by atoms with van der Waals surface area (Å²) in [6, 6.07) is 8.79. The van der Waals surface area contributed by atoms with E-state index in [1.165, 1.54) is 6.42 Å². The van der Waals surface area contributed by atoms with Crippen LogP contribution >= 0.6 is 0 Å². The number of piperidine rings is 1. The van der Waals surface area contributed by atoms with Gasteiger partial charge in [0.25, 0.3) is 12.4 Å². The molecule has 1 aliphatic carbocycles. The van der Waals surface area contributed by atoms with E-state index in [1.807, 2.05) is 17.0 Å². The van der Waals surface area contributed by atoms with Crippen LogP contribution in [-0.4, -0.2) is 70.3 Å². The first-order chi connectivity index (χ1) is 18.3. The summed E-state index contributed by atoms with van der Waals surface area (Å²) in [4.78, 5) is 40.0. The Morgan fingerprint density at radius 1 is 1.16 bits per heavy atom. The predicted octanol–water partition coefficient (Wildman–Crippen LogP) is 1.24. The van der Waals surface area contributed by atoms with Gasteiger partial charge in [-0.05, 0) is 49.4 Å². The van der Waals surface area contributed by atoms with Gasteiger partial charge in [-0.15, -0.1) is 0 Å².